The second-order valence-corrected chi connectivity index (χ2v) is 7.08. The standard InChI is InChI=1S/C19H16N4O3S/c1-2-14(16(24)22-18-20-13-9-5-6-10-15(13)27-18)23-17(25)11-7-3-4-8-12(11)21-19(23)26/h3-10,14H,2H2,1H3,(H,21,26)(H,20,22,24)/t14-/m1/s1. The molecule has 0 fully saturated rings. The number of carbonyl (C=O) groups excluding carboxylic acids is 1. The maximum atomic E-state index is 12.8. The summed E-state index contributed by atoms with van der Waals surface area (Å²) >= 11 is 1.34. The maximum Gasteiger partial charge on any atom is 0.329 e. The normalized spacial score (nSPS) is 12.3. The van der Waals surface area contributed by atoms with E-state index in [1.807, 2.05) is 24.3 Å². The fourth-order valence-corrected chi connectivity index (χ4v) is 3.93. The number of rotatable bonds is 4. The Hall–Kier alpha value is -3.26. The number of benzene rings is 2. The molecule has 4 aromatic rings. The first-order valence-electron chi connectivity index (χ1n) is 8.48. The van der Waals surface area contributed by atoms with Crippen LogP contribution in [0.25, 0.3) is 21.1 Å². The zero-order valence-corrected chi connectivity index (χ0v) is 15.2. The first-order chi connectivity index (χ1) is 13.1. The van der Waals surface area contributed by atoms with E-state index in [4.69, 9.17) is 0 Å². The number of hydrogen-bond donors (Lipinski definition) is 2. The molecule has 4 rings (SSSR count). The van der Waals surface area contributed by atoms with Crippen LogP contribution in [-0.2, 0) is 4.79 Å². The molecule has 0 aliphatic rings. The molecule has 1 atom stereocenters. The molecular weight excluding hydrogens is 364 g/mol. The van der Waals surface area contributed by atoms with Crippen molar-refractivity contribution in [2.75, 3.05) is 5.32 Å². The monoisotopic (exact) mass is 380 g/mol. The van der Waals surface area contributed by atoms with Crippen molar-refractivity contribution in [2.24, 2.45) is 0 Å². The molecule has 136 valence electrons. The largest absolute Gasteiger partial charge is 0.329 e. The molecule has 0 saturated carbocycles. The smallest absolute Gasteiger partial charge is 0.307 e. The first kappa shape index (κ1) is 17.2. The van der Waals surface area contributed by atoms with Gasteiger partial charge in [-0.05, 0) is 30.7 Å². The molecule has 8 heteroatoms. The second kappa shape index (κ2) is 6.81. The molecule has 2 N–H and O–H groups in total. The van der Waals surface area contributed by atoms with Crippen LogP contribution in [-0.4, -0.2) is 20.4 Å². The summed E-state index contributed by atoms with van der Waals surface area (Å²) in [5, 5.41) is 3.54. The number of carbonyl (C=O) groups is 1. The lowest BCUT2D eigenvalue weighted by atomic mass is 10.2. The molecule has 0 aliphatic heterocycles. The summed E-state index contributed by atoms with van der Waals surface area (Å²) in [6, 6.07) is 13.3. The lowest BCUT2D eigenvalue weighted by Crippen LogP contribution is -2.42. The van der Waals surface area contributed by atoms with E-state index in [9.17, 15) is 14.4 Å². The summed E-state index contributed by atoms with van der Waals surface area (Å²) in [6.07, 6.45) is 0.290. The summed E-state index contributed by atoms with van der Waals surface area (Å²) in [4.78, 5) is 45.1. The van der Waals surface area contributed by atoms with Crippen molar-refractivity contribution in [1.82, 2.24) is 14.5 Å². The zero-order chi connectivity index (χ0) is 19.0. The van der Waals surface area contributed by atoms with Crippen molar-refractivity contribution in [2.45, 2.75) is 19.4 Å². The second-order valence-electron chi connectivity index (χ2n) is 6.05. The van der Waals surface area contributed by atoms with Gasteiger partial charge in [-0.15, -0.1) is 0 Å². The Kier molecular flexibility index (Phi) is 4.33. The van der Waals surface area contributed by atoms with Gasteiger partial charge >= 0.3 is 5.69 Å². The highest BCUT2D eigenvalue weighted by atomic mass is 32.1. The van der Waals surface area contributed by atoms with E-state index in [0.29, 0.717) is 16.0 Å². The number of nitrogens with zero attached hydrogens (tertiary/aromatic N) is 2. The molecule has 2 aromatic heterocycles. The van der Waals surface area contributed by atoms with Gasteiger partial charge in [-0.2, -0.15) is 0 Å². The highest BCUT2D eigenvalue weighted by Gasteiger charge is 2.24. The molecule has 0 unspecified atom stereocenters. The zero-order valence-electron chi connectivity index (χ0n) is 14.4. The maximum absolute atomic E-state index is 12.8. The Bertz CT molecular complexity index is 1240. The number of hydrogen-bond acceptors (Lipinski definition) is 5. The predicted molar refractivity (Wildman–Crippen MR) is 106 cm³/mol. The van der Waals surface area contributed by atoms with Gasteiger partial charge < -0.3 is 10.3 Å². The van der Waals surface area contributed by atoms with Gasteiger partial charge in [0, 0.05) is 0 Å². The van der Waals surface area contributed by atoms with Gasteiger partial charge in [-0.1, -0.05) is 42.5 Å². The van der Waals surface area contributed by atoms with Crippen LogP contribution in [0.15, 0.2) is 58.1 Å². The van der Waals surface area contributed by atoms with E-state index in [0.717, 1.165) is 14.8 Å². The fraction of sp³-hybridized carbons (Fsp3) is 0.158. The number of fused-ring (bicyclic) bond motifs is 2. The molecule has 0 spiro atoms. The third-order valence-electron chi connectivity index (χ3n) is 4.36. The number of H-pyrrole nitrogens is 1. The van der Waals surface area contributed by atoms with E-state index in [-0.39, 0.29) is 6.42 Å². The number of nitrogens with one attached hydrogen (secondary N) is 2. The van der Waals surface area contributed by atoms with Crippen molar-refractivity contribution in [3.8, 4) is 0 Å². The van der Waals surface area contributed by atoms with E-state index < -0.39 is 23.2 Å². The Morgan fingerprint density at radius 2 is 1.93 bits per heavy atom. The van der Waals surface area contributed by atoms with Crippen LogP contribution < -0.4 is 16.6 Å². The lowest BCUT2D eigenvalue weighted by molar-refractivity contribution is -0.119. The van der Waals surface area contributed by atoms with E-state index in [2.05, 4.69) is 15.3 Å². The predicted octanol–water partition coefficient (Wildman–Crippen LogP) is 2.89. The molecule has 7 nitrogen and oxygen atoms in total. The van der Waals surface area contributed by atoms with Gasteiger partial charge in [0.2, 0.25) is 5.91 Å². The molecule has 2 heterocycles. The molecule has 1 amide bonds. The van der Waals surface area contributed by atoms with Gasteiger partial charge in [0.05, 0.1) is 21.1 Å². The van der Waals surface area contributed by atoms with Crippen LogP contribution in [0.2, 0.25) is 0 Å². The molecular formula is C19H16N4O3S. The molecule has 2 aromatic carbocycles. The minimum absolute atomic E-state index is 0.290. The van der Waals surface area contributed by atoms with Crippen LogP contribution in [0.4, 0.5) is 5.13 Å². The first-order valence-corrected chi connectivity index (χ1v) is 9.30. The van der Waals surface area contributed by atoms with Crippen LogP contribution in [0.1, 0.15) is 19.4 Å². The third-order valence-corrected chi connectivity index (χ3v) is 5.31. The molecule has 27 heavy (non-hydrogen) atoms. The Morgan fingerprint density at radius 3 is 2.70 bits per heavy atom. The van der Waals surface area contributed by atoms with E-state index >= 15 is 0 Å². The average Bonchev–Trinajstić information content (AvgIpc) is 3.07. The van der Waals surface area contributed by atoms with Gasteiger partial charge in [0.15, 0.2) is 5.13 Å². The van der Waals surface area contributed by atoms with Crippen molar-refractivity contribution >= 4 is 43.5 Å². The summed E-state index contributed by atoms with van der Waals surface area (Å²) in [7, 11) is 0. The van der Waals surface area contributed by atoms with Gasteiger partial charge in [0.1, 0.15) is 6.04 Å². The van der Waals surface area contributed by atoms with Crippen LogP contribution in [0, 0.1) is 0 Å². The summed E-state index contributed by atoms with van der Waals surface area (Å²) in [6.45, 7) is 1.75. The third kappa shape index (κ3) is 3.04. The average molecular weight is 380 g/mol. The minimum Gasteiger partial charge on any atom is -0.307 e. The summed E-state index contributed by atoms with van der Waals surface area (Å²) < 4.78 is 1.92. The number of amides is 1. The number of anilines is 1. The Morgan fingerprint density at radius 1 is 1.19 bits per heavy atom. The fourth-order valence-electron chi connectivity index (χ4n) is 3.06. The van der Waals surface area contributed by atoms with Gasteiger partial charge in [-0.3, -0.25) is 9.59 Å². The van der Waals surface area contributed by atoms with E-state index in [1.54, 1.807) is 31.2 Å². The molecule has 0 aliphatic carbocycles. The number of para-hydroxylation sites is 2. The topological polar surface area (TPSA) is 96.8 Å². The lowest BCUT2D eigenvalue weighted by Gasteiger charge is -2.16. The van der Waals surface area contributed by atoms with Crippen molar-refractivity contribution in [1.29, 1.82) is 0 Å². The quantitative estimate of drug-likeness (QED) is 0.569. The molecule has 0 radical (unpaired) electrons. The van der Waals surface area contributed by atoms with E-state index in [1.165, 1.54) is 11.3 Å². The summed E-state index contributed by atoms with van der Waals surface area (Å²) in [5.41, 5.74) is 0.141. The number of thiazole rings is 1. The Balaban J connectivity index is 1.73. The minimum atomic E-state index is -0.933. The molecule has 0 saturated heterocycles. The SMILES string of the molecule is CC[C@H](C(=O)Nc1nc2ccccc2s1)n1c(=O)[nH]c2ccccc2c1=O. The highest BCUT2D eigenvalue weighted by molar-refractivity contribution is 7.22. The highest BCUT2D eigenvalue weighted by Crippen LogP contribution is 2.26. The van der Waals surface area contributed by atoms with Crippen molar-refractivity contribution in [3.05, 3.63) is 69.4 Å². The van der Waals surface area contributed by atoms with Crippen LogP contribution in [0.5, 0.6) is 0 Å². The molecule has 0 bridgehead atoms. The number of aromatic nitrogens is 3. The summed E-state index contributed by atoms with van der Waals surface area (Å²) in [5.74, 6) is -0.445. The van der Waals surface area contributed by atoms with Crippen molar-refractivity contribution < 1.29 is 4.79 Å². The number of aromatic amines is 1. The van der Waals surface area contributed by atoms with Crippen molar-refractivity contribution in [3.63, 3.8) is 0 Å². The van der Waals surface area contributed by atoms with Gasteiger partial charge in [-0.25, -0.2) is 14.3 Å². The Labute approximate surface area is 157 Å². The van der Waals surface area contributed by atoms with Gasteiger partial charge in [0.25, 0.3) is 5.56 Å². The van der Waals surface area contributed by atoms with Crippen LogP contribution in [0.3, 0.4) is 0 Å². The van der Waals surface area contributed by atoms with Crippen LogP contribution >= 0.6 is 11.3 Å².